The Bertz CT molecular complexity index is 497. The highest BCUT2D eigenvalue weighted by molar-refractivity contribution is 5.47. The van der Waals surface area contributed by atoms with E-state index in [1.165, 1.54) is 42.4 Å². The van der Waals surface area contributed by atoms with E-state index in [9.17, 15) is 0 Å². The summed E-state index contributed by atoms with van der Waals surface area (Å²) in [6.45, 7) is 12.2. The number of hydrogen-bond acceptors (Lipinski definition) is 2. The van der Waals surface area contributed by atoms with E-state index in [1.54, 1.807) is 0 Å². The first-order chi connectivity index (χ1) is 10.5. The van der Waals surface area contributed by atoms with Crippen molar-refractivity contribution >= 4 is 0 Å². The van der Waals surface area contributed by atoms with Gasteiger partial charge in [0, 0.05) is 18.0 Å². The lowest BCUT2D eigenvalue weighted by Crippen LogP contribution is -2.42. The molecule has 0 radical (unpaired) electrons. The molecule has 0 bridgehead atoms. The molecule has 1 heterocycles. The minimum atomic E-state index is -0.0475. The van der Waals surface area contributed by atoms with Crippen molar-refractivity contribution in [2.45, 2.75) is 84.8 Å². The third kappa shape index (κ3) is 4.04. The third-order valence-electron chi connectivity index (χ3n) is 4.98. The number of fused-ring (bicyclic) bond motifs is 1. The van der Waals surface area contributed by atoms with Gasteiger partial charge < -0.3 is 10.1 Å². The predicted molar refractivity (Wildman–Crippen MR) is 94.7 cm³/mol. The molecule has 2 heteroatoms. The Balaban J connectivity index is 2.15. The second-order valence-corrected chi connectivity index (χ2v) is 7.18. The van der Waals surface area contributed by atoms with Gasteiger partial charge in [0.1, 0.15) is 11.4 Å². The first-order valence-corrected chi connectivity index (χ1v) is 9.02. The third-order valence-corrected chi connectivity index (χ3v) is 4.98. The molecule has 0 saturated heterocycles. The lowest BCUT2D eigenvalue weighted by molar-refractivity contribution is 0.0433. The summed E-state index contributed by atoms with van der Waals surface area (Å²) in [7, 11) is 0. The number of benzene rings is 1. The monoisotopic (exact) mass is 303 g/mol. The van der Waals surface area contributed by atoms with Crippen LogP contribution < -0.4 is 10.1 Å². The Morgan fingerprint density at radius 3 is 2.64 bits per heavy atom. The zero-order chi connectivity index (χ0) is 16.2. The molecule has 0 aliphatic carbocycles. The van der Waals surface area contributed by atoms with Crippen molar-refractivity contribution in [1.29, 1.82) is 0 Å². The molecular weight excluding hydrogens is 270 g/mol. The summed E-state index contributed by atoms with van der Waals surface area (Å²) in [5, 5.41) is 3.80. The van der Waals surface area contributed by atoms with E-state index in [0.717, 1.165) is 25.1 Å². The van der Waals surface area contributed by atoms with Gasteiger partial charge in [-0.2, -0.15) is 0 Å². The van der Waals surface area contributed by atoms with Crippen LogP contribution in [0, 0.1) is 13.8 Å². The highest BCUT2D eigenvalue weighted by Gasteiger charge is 2.36. The van der Waals surface area contributed by atoms with Crippen molar-refractivity contribution in [3.63, 3.8) is 0 Å². The van der Waals surface area contributed by atoms with E-state index in [2.05, 4.69) is 52.1 Å². The van der Waals surface area contributed by atoms with Gasteiger partial charge in [-0.15, -0.1) is 0 Å². The normalized spacial score (nSPS) is 24.0. The lowest BCUT2D eigenvalue weighted by Gasteiger charge is -2.41. The summed E-state index contributed by atoms with van der Waals surface area (Å²) < 4.78 is 6.39. The van der Waals surface area contributed by atoms with E-state index in [4.69, 9.17) is 4.74 Å². The molecule has 1 aromatic rings. The van der Waals surface area contributed by atoms with Gasteiger partial charge >= 0.3 is 0 Å². The fourth-order valence-corrected chi connectivity index (χ4v) is 3.44. The highest BCUT2D eigenvalue weighted by Crippen LogP contribution is 2.43. The molecule has 2 rings (SSSR count). The van der Waals surface area contributed by atoms with Crippen LogP contribution in [0.1, 0.15) is 82.0 Å². The number of nitrogens with one attached hydrogen (secondary N) is 1. The largest absolute Gasteiger partial charge is 0.487 e. The molecular formula is C20H33NO. The fraction of sp³-hybridized carbons (Fsp3) is 0.700. The molecule has 0 spiro atoms. The molecule has 2 nitrogen and oxygen atoms in total. The van der Waals surface area contributed by atoms with Gasteiger partial charge in [0.15, 0.2) is 0 Å². The molecule has 2 atom stereocenters. The predicted octanol–water partition coefficient (Wildman–Crippen LogP) is 5.47. The van der Waals surface area contributed by atoms with Crippen LogP contribution in [0.5, 0.6) is 5.75 Å². The molecule has 1 aliphatic rings. The molecule has 0 amide bonds. The van der Waals surface area contributed by atoms with E-state index in [-0.39, 0.29) is 5.60 Å². The first kappa shape index (κ1) is 17.3. The lowest BCUT2D eigenvalue weighted by atomic mass is 9.85. The van der Waals surface area contributed by atoms with Crippen LogP contribution in [0.3, 0.4) is 0 Å². The number of unbranched alkanes of at least 4 members (excludes halogenated alkanes) is 3. The highest BCUT2D eigenvalue weighted by atomic mass is 16.5. The Labute approximate surface area is 136 Å². The van der Waals surface area contributed by atoms with Crippen molar-refractivity contribution in [1.82, 2.24) is 5.32 Å². The quantitative estimate of drug-likeness (QED) is 0.675. The number of rotatable bonds is 7. The van der Waals surface area contributed by atoms with Gasteiger partial charge in [0.25, 0.3) is 0 Å². The number of hydrogen-bond donors (Lipinski definition) is 1. The minimum absolute atomic E-state index is 0.0475. The Kier molecular flexibility index (Phi) is 5.91. The van der Waals surface area contributed by atoms with Gasteiger partial charge in [0.2, 0.25) is 0 Å². The Morgan fingerprint density at radius 1 is 1.18 bits per heavy atom. The van der Waals surface area contributed by atoms with Crippen molar-refractivity contribution < 1.29 is 4.74 Å². The van der Waals surface area contributed by atoms with Crippen molar-refractivity contribution in [2.75, 3.05) is 6.54 Å². The second kappa shape index (κ2) is 7.50. The molecule has 124 valence electrons. The van der Waals surface area contributed by atoms with Crippen molar-refractivity contribution in [2.24, 2.45) is 0 Å². The van der Waals surface area contributed by atoms with Gasteiger partial charge in [-0.3, -0.25) is 0 Å². The van der Waals surface area contributed by atoms with E-state index in [1.807, 2.05) is 0 Å². The minimum Gasteiger partial charge on any atom is -0.487 e. The van der Waals surface area contributed by atoms with Crippen LogP contribution in [0.4, 0.5) is 0 Å². The van der Waals surface area contributed by atoms with E-state index >= 15 is 0 Å². The van der Waals surface area contributed by atoms with E-state index < -0.39 is 0 Å². The van der Waals surface area contributed by atoms with E-state index in [0.29, 0.717) is 6.04 Å². The number of ether oxygens (including phenoxy) is 1. The Morgan fingerprint density at radius 2 is 1.95 bits per heavy atom. The maximum atomic E-state index is 6.39. The second-order valence-electron chi connectivity index (χ2n) is 7.18. The maximum absolute atomic E-state index is 6.39. The van der Waals surface area contributed by atoms with Gasteiger partial charge in [-0.1, -0.05) is 50.8 Å². The first-order valence-electron chi connectivity index (χ1n) is 9.02. The zero-order valence-corrected chi connectivity index (χ0v) is 15.1. The average molecular weight is 303 g/mol. The molecule has 1 aromatic carbocycles. The van der Waals surface area contributed by atoms with Gasteiger partial charge in [-0.05, 0) is 45.7 Å². The molecule has 0 saturated carbocycles. The molecule has 0 fully saturated rings. The maximum Gasteiger partial charge on any atom is 0.127 e. The molecule has 1 N–H and O–H groups in total. The van der Waals surface area contributed by atoms with Crippen molar-refractivity contribution in [3.05, 3.63) is 28.8 Å². The van der Waals surface area contributed by atoms with Gasteiger partial charge in [0.05, 0.1) is 0 Å². The van der Waals surface area contributed by atoms with Gasteiger partial charge in [-0.25, -0.2) is 0 Å². The molecule has 2 unspecified atom stereocenters. The Hall–Kier alpha value is -1.02. The van der Waals surface area contributed by atoms with Crippen LogP contribution in [-0.2, 0) is 0 Å². The van der Waals surface area contributed by atoms with Crippen molar-refractivity contribution in [3.8, 4) is 5.75 Å². The topological polar surface area (TPSA) is 21.3 Å². The molecule has 1 aliphatic heterocycles. The van der Waals surface area contributed by atoms with Crippen LogP contribution >= 0.6 is 0 Å². The summed E-state index contributed by atoms with van der Waals surface area (Å²) in [6, 6.07) is 4.97. The molecule has 0 aromatic heterocycles. The average Bonchev–Trinajstić information content (AvgIpc) is 2.48. The smallest absolute Gasteiger partial charge is 0.127 e. The summed E-state index contributed by atoms with van der Waals surface area (Å²) in [5.41, 5.74) is 3.91. The van der Waals surface area contributed by atoms with Crippen LogP contribution in [0.15, 0.2) is 12.1 Å². The standard InChI is InChI=1S/C20H33NO/c1-6-8-9-10-11-21-18-14-20(5,7-2)22-19-16(4)12-15(3)13-17(18)19/h12-13,18,21H,6-11,14H2,1-5H3. The summed E-state index contributed by atoms with van der Waals surface area (Å²) in [5.74, 6) is 1.12. The molecule has 22 heavy (non-hydrogen) atoms. The van der Waals surface area contributed by atoms with Crippen LogP contribution in [-0.4, -0.2) is 12.1 Å². The fourth-order valence-electron chi connectivity index (χ4n) is 3.44. The summed E-state index contributed by atoms with van der Waals surface area (Å²) >= 11 is 0. The van der Waals surface area contributed by atoms with Crippen LogP contribution in [0.2, 0.25) is 0 Å². The van der Waals surface area contributed by atoms with Crippen LogP contribution in [0.25, 0.3) is 0 Å². The summed E-state index contributed by atoms with van der Waals surface area (Å²) in [4.78, 5) is 0. The SMILES string of the molecule is CCCCCCNC1CC(C)(CC)Oc2c(C)cc(C)cc21. The number of aryl methyl sites for hydroxylation is 2. The zero-order valence-electron chi connectivity index (χ0n) is 15.1. The summed E-state index contributed by atoms with van der Waals surface area (Å²) in [6.07, 6.45) is 7.36.